The van der Waals surface area contributed by atoms with Crippen LogP contribution in [-0.4, -0.2) is 65.9 Å². The highest BCUT2D eigenvalue weighted by molar-refractivity contribution is 6.07. The van der Waals surface area contributed by atoms with E-state index in [2.05, 4.69) is 5.32 Å². The van der Waals surface area contributed by atoms with Crippen molar-refractivity contribution in [2.24, 2.45) is 0 Å². The predicted molar refractivity (Wildman–Crippen MR) is 129 cm³/mol. The average molecular weight is 476 g/mol. The average Bonchev–Trinajstić information content (AvgIpc) is 3.37. The maximum atomic E-state index is 12.8. The Morgan fingerprint density at radius 1 is 1.06 bits per heavy atom. The number of hydrogen-bond donors (Lipinski definition) is 3. The molecule has 9 nitrogen and oxygen atoms in total. The molecule has 0 bridgehead atoms. The van der Waals surface area contributed by atoms with Crippen molar-refractivity contribution in [2.75, 3.05) is 32.1 Å². The summed E-state index contributed by atoms with van der Waals surface area (Å²) in [5, 5.41) is 24.3. The molecule has 0 radical (unpaired) electrons. The number of carbonyl (C=O) groups excluding carboxylic acids is 1. The zero-order valence-electron chi connectivity index (χ0n) is 18.9. The number of furan rings is 1. The third-order valence-electron chi connectivity index (χ3n) is 6.02. The molecule has 0 unspecified atom stereocenters. The summed E-state index contributed by atoms with van der Waals surface area (Å²) in [6.45, 7) is 0.593. The summed E-state index contributed by atoms with van der Waals surface area (Å²) in [5.41, 5.74) is 1.97. The number of likely N-dealkylation sites (tertiary alicyclic amines) is 1. The van der Waals surface area contributed by atoms with Gasteiger partial charge in [-0.2, -0.15) is 0 Å². The van der Waals surface area contributed by atoms with Gasteiger partial charge in [-0.25, -0.2) is 4.79 Å². The first kappa shape index (κ1) is 22.7. The molecule has 0 spiro atoms. The molecular formula is C26H24N2O7. The highest BCUT2D eigenvalue weighted by Crippen LogP contribution is 2.36. The van der Waals surface area contributed by atoms with Crippen LogP contribution in [0.5, 0.6) is 11.5 Å². The molecule has 3 aromatic carbocycles. The van der Waals surface area contributed by atoms with E-state index in [-0.39, 0.29) is 24.6 Å². The number of nitrogens with one attached hydrogen (secondary N) is 1. The maximum absolute atomic E-state index is 12.8. The first-order chi connectivity index (χ1) is 16.9. The van der Waals surface area contributed by atoms with Crippen molar-refractivity contribution in [1.82, 2.24) is 4.90 Å². The van der Waals surface area contributed by atoms with Crippen LogP contribution in [0.2, 0.25) is 0 Å². The summed E-state index contributed by atoms with van der Waals surface area (Å²) in [5.74, 6) is -0.473. The zero-order chi connectivity index (χ0) is 24.5. The zero-order valence-corrected chi connectivity index (χ0v) is 18.9. The second-order valence-corrected chi connectivity index (χ2v) is 8.45. The van der Waals surface area contributed by atoms with Gasteiger partial charge in [0.1, 0.15) is 34.9 Å². The summed E-state index contributed by atoms with van der Waals surface area (Å²) in [6.07, 6.45) is -1.41. The third-order valence-corrected chi connectivity index (χ3v) is 6.02. The van der Waals surface area contributed by atoms with Gasteiger partial charge in [-0.15, -0.1) is 0 Å². The second kappa shape index (κ2) is 9.28. The van der Waals surface area contributed by atoms with Crippen LogP contribution in [0.1, 0.15) is 10.4 Å². The number of para-hydroxylation sites is 1. The van der Waals surface area contributed by atoms with Crippen LogP contribution >= 0.6 is 0 Å². The molecule has 1 fully saturated rings. The smallest absolute Gasteiger partial charge is 0.335 e. The molecule has 1 aliphatic heterocycles. The fourth-order valence-electron chi connectivity index (χ4n) is 4.37. The number of aliphatic hydroxyl groups excluding tert-OH is 1. The van der Waals surface area contributed by atoms with E-state index >= 15 is 0 Å². The summed E-state index contributed by atoms with van der Waals surface area (Å²) in [4.78, 5) is 25.8. The Labute approximate surface area is 200 Å². The second-order valence-electron chi connectivity index (χ2n) is 8.45. The lowest BCUT2D eigenvalue weighted by Crippen LogP contribution is -2.33. The van der Waals surface area contributed by atoms with Gasteiger partial charge in [0, 0.05) is 29.9 Å². The molecule has 1 amide bonds. The molecule has 9 heteroatoms. The van der Waals surface area contributed by atoms with Crippen molar-refractivity contribution in [3.8, 4) is 11.5 Å². The SMILES string of the molecule is COc1cc2c(cc1NC(=O)CN1C[C@@H](O)[C@H](Oc3cccc(C(=O)O)c3)C1)oc1ccccc12. The van der Waals surface area contributed by atoms with Gasteiger partial charge in [0.2, 0.25) is 5.91 Å². The van der Waals surface area contributed by atoms with E-state index in [1.54, 1.807) is 23.1 Å². The lowest BCUT2D eigenvalue weighted by Gasteiger charge is -2.17. The number of fused-ring (bicyclic) bond motifs is 3. The van der Waals surface area contributed by atoms with E-state index < -0.39 is 18.2 Å². The van der Waals surface area contributed by atoms with E-state index in [9.17, 15) is 14.7 Å². The largest absolute Gasteiger partial charge is 0.495 e. The van der Waals surface area contributed by atoms with Gasteiger partial charge in [0.25, 0.3) is 0 Å². The fourth-order valence-corrected chi connectivity index (χ4v) is 4.37. The Morgan fingerprint density at radius 2 is 1.89 bits per heavy atom. The van der Waals surface area contributed by atoms with Crippen molar-refractivity contribution >= 4 is 39.5 Å². The van der Waals surface area contributed by atoms with Gasteiger partial charge in [0.15, 0.2) is 0 Å². The standard InChI is InChI=1S/C26H24N2O7/c1-33-23-10-18-17-7-2-3-8-21(17)35-22(18)11-19(23)27-25(30)14-28-12-20(29)24(13-28)34-16-6-4-5-15(9-16)26(31)32/h2-11,20,24,29H,12-14H2,1H3,(H,27,30)(H,31,32)/t20-,24-/m1/s1. The predicted octanol–water partition coefficient (Wildman–Crippen LogP) is 3.36. The molecule has 1 aliphatic rings. The molecule has 0 aliphatic carbocycles. The number of methoxy groups -OCH3 is 1. The molecular weight excluding hydrogens is 452 g/mol. The number of amides is 1. The first-order valence-electron chi connectivity index (χ1n) is 11.1. The number of aromatic carboxylic acids is 1. The minimum atomic E-state index is -1.06. The third kappa shape index (κ3) is 4.64. The lowest BCUT2D eigenvalue weighted by molar-refractivity contribution is -0.117. The normalized spacial score (nSPS) is 18.1. The number of carbonyl (C=O) groups is 2. The molecule has 5 rings (SSSR count). The molecule has 180 valence electrons. The Balaban J connectivity index is 1.26. The molecule has 1 saturated heterocycles. The van der Waals surface area contributed by atoms with Crippen molar-refractivity contribution in [3.05, 3.63) is 66.2 Å². The minimum Gasteiger partial charge on any atom is -0.495 e. The monoisotopic (exact) mass is 476 g/mol. The Hall–Kier alpha value is -4.08. The number of carboxylic acid groups (broad SMARTS) is 1. The lowest BCUT2D eigenvalue weighted by atomic mass is 10.1. The number of benzene rings is 3. The summed E-state index contributed by atoms with van der Waals surface area (Å²) in [6, 6.07) is 17.4. The quantitative estimate of drug-likeness (QED) is 0.371. The number of ether oxygens (including phenoxy) is 2. The summed E-state index contributed by atoms with van der Waals surface area (Å²) >= 11 is 0. The number of anilines is 1. The molecule has 2 heterocycles. The van der Waals surface area contributed by atoms with Crippen LogP contribution in [-0.2, 0) is 4.79 Å². The van der Waals surface area contributed by atoms with Crippen LogP contribution in [0.25, 0.3) is 21.9 Å². The van der Waals surface area contributed by atoms with E-state index in [1.165, 1.54) is 19.2 Å². The van der Waals surface area contributed by atoms with Gasteiger partial charge in [-0.1, -0.05) is 24.3 Å². The molecule has 2 atom stereocenters. The topological polar surface area (TPSA) is 121 Å². The van der Waals surface area contributed by atoms with Gasteiger partial charge in [-0.05, 0) is 30.3 Å². The van der Waals surface area contributed by atoms with Crippen LogP contribution in [0.15, 0.2) is 65.1 Å². The minimum absolute atomic E-state index is 0.0351. The number of carboxylic acids is 1. The number of hydrogen-bond acceptors (Lipinski definition) is 7. The highest BCUT2D eigenvalue weighted by Gasteiger charge is 2.34. The van der Waals surface area contributed by atoms with Crippen LogP contribution in [0.3, 0.4) is 0 Å². The van der Waals surface area contributed by atoms with E-state index in [1.807, 2.05) is 30.3 Å². The number of β-amino-alcohol motifs (C(OH)–C–C–N with tert-alkyl or cyclic N) is 1. The Morgan fingerprint density at radius 3 is 2.69 bits per heavy atom. The Kier molecular flexibility index (Phi) is 6.02. The maximum Gasteiger partial charge on any atom is 0.335 e. The molecule has 1 aromatic heterocycles. The van der Waals surface area contributed by atoms with Gasteiger partial charge in [-0.3, -0.25) is 9.69 Å². The first-order valence-corrected chi connectivity index (χ1v) is 11.1. The number of nitrogens with zero attached hydrogens (tertiary/aromatic N) is 1. The van der Waals surface area contributed by atoms with Crippen molar-refractivity contribution in [2.45, 2.75) is 12.2 Å². The van der Waals surface area contributed by atoms with Gasteiger partial charge >= 0.3 is 5.97 Å². The molecule has 3 N–H and O–H groups in total. The fraction of sp³-hybridized carbons (Fsp3) is 0.231. The molecule has 0 saturated carbocycles. The highest BCUT2D eigenvalue weighted by atomic mass is 16.5. The summed E-state index contributed by atoms with van der Waals surface area (Å²) in [7, 11) is 1.54. The summed E-state index contributed by atoms with van der Waals surface area (Å²) < 4.78 is 17.2. The Bertz CT molecular complexity index is 1410. The van der Waals surface area contributed by atoms with Crippen molar-refractivity contribution < 1.29 is 33.7 Å². The van der Waals surface area contributed by atoms with Crippen LogP contribution in [0, 0.1) is 0 Å². The van der Waals surface area contributed by atoms with Crippen molar-refractivity contribution in [1.29, 1.82) is 0 Å². The van der Waals surface area contributed by atoms with E-state index in [4.69, 9.17) is 19.0 Å². The number of rotatable bonds is 7. The van der Waals surface area contributed by atoms with Gasteiger partial charge < -0.3 is 29.4 Å². The molecule has 4 aromatic rings. The van der Waals surface area contributed by atoms with E-state index in [0.29, 0.717) is 29.3 Å². The number of aliphatic hydroxyl groups is 1. The van der Waals surface area contributed by atoms with Crippen LogP contribution in [0.4, 0.5) is 5.69 Å². The van der Waals surface area contributed by atoms with Gasteiger partial charge in [0.05, 0.1) is 24.9 Å². The van der Waals surface area contributed by atoms with Crippen molar-refractivity contribution in [3.63, 3.8) is 0 Å². The van der Waals surface area contributed by atoms with Crippen LogP contribution < -0.4 is 14.8 Å². The van der Waals surface area contributed by atoms with E-state index in [0.717, 1.165) is 16.4 Å². The molecule has 35 heavy (non-hydrogen) atoms.